The number of hydrogen-bond acceptors (Lipinski definition) is 4. The van der Waals surface area contributed by atoms with Crippen LogP contribution in [0.5, 0.6) is 0 Å². The van der Waals surface area contributed by atoms with E-state index in [4.69, 9.17) is 0 Å². The summed E-state index contributed by atoms with van der Waals surface area (Å²) in [6, 6.07) is 1.64. The molecule has 0 radical (unpaired) electrons. The zero-order valence-electron chi connectivity index (χ0n) is 13.0. The molecule has 120 valence electrons. The summed E-state index contributed by atoms with van der Waals surface area (Å²) in [5.74, 6) is 0.476. The summed E-state index contributed by atoms with van der Waals surface area (Å²) in [5.41, 5.74) is 1.25. The third-order valence-electron chi connectivity index (χ3n) is 4.38. The van der Waals surface area contributed by atoms with E-state index in [0.29, 0.717) is 25.3 Å². The zero-order valence-corrected chi connectivity index (χ0v) is 13.9. The van der Waals surface area contributed by atoms with E-state index in [1.54, 1.807) is 16.2 Å². The molecule has 2 amide bonds. The highest BCUT2D eigenvalue weighted by Gasteiger charge is 2.46. The Morgan fingerprint density at radius 1 is 1.45 bits per heavy atom. The van der Waals surface area contributed by atoms with Gasteiger partial charge < -0.3 is 15.5 Å². The quantitative estimate of drug-likeness (QED) is 0.861. The molecule has 0 bridgehead atoms. The first-order valence-electron chi connectivity index (χ1n) is 7.90. The van der Waals surface area contributed by atoms with Gasteiger partial charge in [0.15, 0.2) is 0 Å². The average Bonchev–Trinajstić information content (AvgIpc) is 3.11. The van der Waals surface area contributed by atoms with E-state index in [1.807, 2.05) is 0 Å². The van der Waals surface area contributed by atoms with E-state index < -0.39 is 0 Å². The molecule has 1 aromatic rings. The van der Waals surface area contributed by atoms with Crippen LogP contribution in [0.15, 0.2) is 16.8 Å². The molecule has 2 fully saturated rings. The minimum absolute atomic E-state index is 0.00471. The van der Waals surface area contributed by atoms with E-state index in [1.165, 1.54) is 5.56 Å². The SMILES string of the molecule is CC(C)C[C@H]1NC(=O)[C@@H]2C[C@H](NCc3ccsc3)CN2C1=O. The fourth-order valence-electron chi connectivity index (χ4n) is 3.29. The lowest BCUT2D eigenvalue weighted by molar-refractivity contribution is -0.147. The van der Waals surface area contributed by atoms with Gasteiger partial charge in [-0.3, -0.25) is 9.59 Å². The molecule has 2 N–H and O–H groups in total. The number of nitrogens with zero attached hydrogens (tertiary/aromatic N) is 1. The van der Waals surface area contributed by atoms with Gasteiger partial charge in [-0.1, -0.05) is 13.8 Å². The second-order valence-corrected chi connectivity index (χ2v) is 7.42. The lowest BCUT2D eigenvalue weighted by Gasteiger charge is -2.35. The molecule has 22 heavy (non-hydrogen) atoms. The molecule has 1 aromatic heterocycles. The summed E-state index contributed by atoms with van der Waals surface area (Å²) in [4.78, 5) is 26.6. The van der Waals surface area contributed by atoms with E-state index in [-0.39, 0.29) is 29.9 Å². The monoisotopic (exact) mass is 321 g/mol. The Hall–Kier alpha value is -1.40. The zero-order chi connectivity index (χ0) is 15.7. The lowest BCUT2D eigenvalue weighted by atomic mass is 9.99. The van der Waals surface area contributed by atoms with Gasteiger partial charge in [0.1, 0.15) is 12.1 Å². The van der Waals surface area contributed by atoms with Crippen LogP contribution in [0.25, 0.3) is 0 Å². The summed E-state index contributed by atoms with van der Waals surface area (Å²) < 4.78 is 0. The second-order valence-electron chi connectivity index (χ2n) is 6.64. The summed E-state index contributed by atoms with van der Waals surface area (Å²) in [6.07, 6.45) is 1.41. The van der Waals surface area contributed by atoms with Crippen LogP contribution >= 0.6 is 11.3 Å². The van der Waals surface area contributed by atoms with E-state index in [9.17, 15) is 9.59 Å². The molecule has 5 nitrogen and oxygen atoms in total. The number of hydrogen-bond donors (Lipinski definition) is 2. The smallest absolute Gasteiger partial charge is 0.245 e. The molecule has 6 heteroatoms. The maximum atomic E-state index is 12.6. The summed E-state index contributed by atoms with van der Waals surface area (Å²) in [5, 5.41) is 10.5. The topological polar surface area (TPSA) is 61.4 Å². The molecule has 0 saturated carbocycles. The lowest BCUT2D eigenvalue weighted by Crippen LogP contribution is -2.61. The number of carbonyl (C=O) groups is 2. The third-order valence-corrected chi connectivity index (χ3v) is 5.12. The maximum Gasteiger partial charge on any atom is 0.245 e. The highest BCUT2D eigenvalue weighted by Crippen LogP contribution is 2.25. The standard InChI is InChI=1S/C16H23N3O2S/c1-10(2)5-13-16(21)19-8-12(6-14(19)15(20)18-13)17-7-11-3-4-22-9-11/h3-4,9-10,12-14,17H,5-8H2,1-2H3,(H,18,20)/t12-,13+,14-/m0/s1. The summed E-state index contributed by atoms with van der Waals surface area (Å²) in [6.45, 7) is 5.57. The van der Waals surface area contributed by atoms with Crippen molar-refractivity contribution < 1.29 is 9.59 Å². The molecule has 3 heterocycles. The normalized spacial score (nSPS) is 28.1. The highest BCUT2D eigenvalue weighted by atomic mass is 32.1. The van der Waals surface area contributed by atoms with Crippen molar-refractivity contribution in [3.63, 3.8) is 0 Å². The number of amides is 2. The Morgan fingerprint density at radius 2 is 2.27 bits per heavy atom. The summed E-state index contributed by atoms with van der Waals surface area (Å²) >= 11 is 1.68. The predicted molar refractivity (Wildman–Crippen MR) is 86.5 cm³/mol. The van der Waals surface area contributed by atoms with Crippen LogP contribution in [0.1, 0.15) is 32.3 Å². The first-order valence-corrected chi connectivity index (χ1v) is 8.84. The minimum atomic E-state index is -0.348. The van der Waals surface area contributed by atoms with Crippen LogP contribution in [0.3, 0.4) is 0 Å². The average molecular weight is 321 g/mol. The van der Waals surface area contributed by atoms with Crippen molar-refractivity contribution in [3.8, 4) is 0 Å². The van der Waals surface area contributed by atoms with Crippen LogP contribution in [0.4, 0.5) is 0 Å². The molecule has 2 saturated heterocycles. The highest BCUT2D eigenvalue weighted by molar-refractivity contribution is 7.07. The summed E-state index contributed by atoms with van der Waals surface area (Å²) in [7, 11) is 0. The van der Waals surface area contributed by atoms with Crippen molar-refractivity contribution in [1.29, 1.82) is 0 Å². The first kappa shape index (κ1) is 15.5. The number of nitrogens with one attached hydrogen (secondary N) is 2. The number of thiophene rings is 1. The Bertz CT molecular complexity index is 544. The van der Waals surface area contributed by atoms with E-state index >= 15 is 0 Å². The molecule has 2 aliphatic rings. The fourth-order valence-corrected chi connectivity index (χ4v) is 3.96. The van der Waals surface area contributed by atoms with Crippen molar-refractivity contribution in [1.82, 2.24) is 15.5 Å². The van der Waals surface area contributed by atoms with E-state index in [2.05, 4.69) is 41.3 Å². The van der Waals surface area contributed by atoms with Crippen molar-refractivity contribution >= 4 is 23.2 Å². The van der Waals surface area contributed by atoms with Crippen molar-refractivity contribution in [3.05, 3.63) is 22.4 Å². The Morgan fingerprint density at radius 3 is 2.95 bits per heavy atom. The van der Waals surface area contributed by atoms with Crippen LogP contribution in [0.2, 0.25) is 0 Å². The van der Waals surface area contributed by atoms with E-state index in [0.717, 1.165) is 6.54 Å². The molecular formula is C16H23N3O2S. The predicted octanol–water partition coefficient (Wildman–Crippen LogP) is 1.35. The van der Waals surface area contributed by atoms with Gasteiger partial charge >= 0.3 is 0 Å². The van der Waals surface area contributed by atoms with Gasteiger partial charge in [-0.2, -0.15) is 11.3 Å². The van der Waals surface area contributed by atoms with Crippen LogP contribution in [-0.4, -0.2) is 41.4 Å². The van der Waals surface area contributed by atoms with Crippen molar-refractivity contribution in [2.75, 3.05) is 6.54 Å². The number of rotatable bonds is 5. The van der Waals surface area contributed by atoms with Gasteiger partial charge in [0, 0.05) is 19.1 Å². The van der Waals surface area contributed by atoms with Crippen LogP contribution in [-0.2, 0) is 16.1 Å². The van der Waals surface area contributed by atoms with Gasteiger partial charge in [0.05, 0.1) is 0 Å². The van der Waals surface area contributed by atoms with Gasteiger partial charge in [-0.05, 0) is 41.1 Å². The number of carbonyl (C=O) groups excluding carboxylic acids is 2. The molecule has 0 aliphatic carbocycles. The Balaban J connectivity index is 1.61. The number of piperazine rings is 1. The van der Waals surface area contributed by atoms with Gasteiger partial charge in [0.2, 0.25) is 11.8 Å². The maximum absolute atomic E-state index is 12.6. The van der Waals surface area contributed by atoms with Crippen LogP contribution < -0.4 is 10.6 Å². The Kier molecular flexibility index (Phi) is 4.49. The molecule has 0 aromatic carbocycles. The molecule has 3 atom stereocenters. The van der Waals surface area contributed by atoms with Crippen molar-refractivity contribution in [2.45, 2.75) is 51.4 Å². The van der Waals surface area contributed by atoms with Crippen LogP contribution in [0, 0.1) is 5.92 Å². The third kappa shape index (κ3) is 3.17. The molecule has 2 aliphatic heterocycles. The second kappa shape index (κ2) is 6.38. The molecular weight excluding hydrogens is 298 g/mol. The Labute approximate surface area is 135 Å². The molecule has 0 unspecified atom stereocenters. The fraction of sp³-hybridized carbons (Fsp3) is 0.625. The van der Waals surface area contributed by atoms with Gasteiger partial charge in [-0.15, -0.1) is 0 Å². The van der Waals surface area contributed by atoms with Gasteiger partial charge in [-0.25, -0.2) is 0 Å². The molecule has 0 spiro atoms. The molecule has 3 rings (SSSR count). The first-order chi connectivity index (χ1) is 10.5. The van der Waals surface area contributed by atoms with Crippen molar-refractivity contribution in [2.24, 2.45) is 5.92 Å². The largest absolute Gasteiger partial charge is 0.342 e. The minimum Gasteiger partial charge on any atom is -0.342 e. The number of fused-ring (bicyclic) bond motifs is 1. The van der Waals surface area contributed by atoms with Gasteiger partial charge in [0.25, 0.3) is 0 Å².